The van der Waals surface area contributed by atoms with Crippen LogP contribution in [0.5, 0.6) is 0 Å². The zero-order valence-electron chi connectivity index (χ0n) is 13.9. The molecular formula is C17H19ClN2O4S. The van der Waals surface area contributed by atoms with Gasteiger partial charge in [0.2, 0.25) is 0 Å². The van der Waals surface area contributed by atoms with Crippen LogP contribution in [0, 0.1) is 6.92 Å². The first-order valence-electron chi connectivity index (χ1n) is 7.96. The summed E-state index contributed by atoms with van der Waals surface area (Å²) in [6.07, 6.45) is 1.19. The lowest BCUT2D eigenvalue weighted by molar-refractivity contribution is 0.0525. The molecule has 25 heavy (non-hydrogen) atoms. The number of halogens is 1. The number of rotatable bonds is 5. The summed E-state index contributed by atoms with van der Waals surface area (Å²) < 4.78 is 32.9. The Morgan fingerprint density at radius 3 is 2.76 bits per heavy atom. The lowest BCUT2D eigenvalue weighted by Gasteiger charge is -2.11. The van der Waals surface area contributed by atoms with E-state index in [1.54, 1.807) is 19.9 Å². The fourth-order valence-electron chi connectivity index (χ4n) is 3.05. The van der Waals surface area contributed by atoms with Crippen molar-refractivity contribution >= 4 is 27.6 Å². The number of H-pyrrole nitrogens is 1. The SMILES string of the molecule is CCOC(=O)c1cc(S(=O)(=O)N[C@@H]2Cc3ccc(Cl)cc3C2)[nH]c1C. The summed E-state index contributed by atoms with van der Waals surface area (Å²) in [5.41, 5.74) is 2.83. The Bertz CT molecular complexity index is 921. The number of aryl methyl sites for hydroxylation is 1. The minimum Gasteiger partial charge on any atom is -0.462 e. The topological polar surface area (TPSA) is 88.3 Å². The summed E-state index contributed by atoms with van der Waals surface area (Å²) in [6, 6.07) is 6.66. The smallest absolute Gasteiger partial charge is 0.339 e. The summed E-state index contributed by atoms with van der Waals surface area (Å²) >= 11 is 5.99. The van der Waals surface area contributed by atoms with Gasteiger partial charge in [0.1, 0.15) is 5.03 Å². The van der Waals surface area contributed by atoms with E-state index >= 15 is 0 Å². The predicted octanol–water partition coefficient (Wildman–Crippen LogP) is 2.60. The van der Waals surface area contributed by atoms with Crippen molar-refractivity contribution in [3.63, 3.8) is 0 Å². The van der Waals surface area contributed by atoms with E-state index in [1.165, 1.54) is 6.07 Å². The van der Waals surface area contributed by atoms with Crippen molar-refractivity contribution in [1.82, 2.24) is 9.71 Å². The fraction of sp³-hybridized carbons (Fsp3) is 0.353. The van der Waals surface area contributed by atoms with E-state index in [-0.39, 0.29) is 23.2 Å². The van der Waals surface area contributed by atoms with Crippen LogP contribution < -0.4 is 4.72 Å². The van der Waals surface area contributed by atoms with Crippen LogP contribution in [0.3, 0.4) is 0 Å². The van der Waals surface area contributed by atoms with Gasteiger partial charge >= 0.3 is 5.97 Å². The highest BCUT2D eigenvalue weighted by atomic mass is 35.5. The van der Waals surface area contributed by atoms with Crippen molar-refractivity contribution in [2.45, 2.75) is 37.8 Å². The van der Waals surface area contributed by atoms with Crippen LogP contribution in [-0.4, -0.2) is 32.0 Å². The van der Waals surface area contributed by atoms with Gasteiger partial charge in [0.25, 0.3) is 10.0 Å². The van der Waals surface area contributed by atoms with Crippen molar-refractivity contribution in [2.75, 3.05) is 6.61 Å². The lowest BCUT2D eigenvalue weighted by Crippen LogP contribution is -2.35. The highest BCUT2D eigenvalue weighted by molar-refractivity contribution is 7.89. The van der Waals surface area contributed by atoms with Gasteiger partial charge in [-0.15, -0.1) is 0 Å². The van der Waals surface area contributed by atoms with E-state index in [2.05, 4.69) is 9.71 Å². The summed E-state index contributed by atoms with van der Waals surface area (Å²) in [4.78, 5) is 14.6. The molecule has 134 valence electrons. The zero-order chi connectivity index (χ0) is 18.2. The van der Waals surface area contributed by atoms with Gasteiger partial charge in [-0.3, -0.25) is 0 Å². The molecule has 8 heteroatoms. The second kappa shape index (κ2) is 6.82. The molecule has 0 amide bonds. The van der Waals surface area contributed by atoms with Crippen molar-refractivity contribution in [3.05, 3.63) is 51.7 Å². The molecule has 3 rings (SSSR count). The average molecular weight is 383 g/mol. The minimum absolute atomic E-state index is 0.0398. The minimum atomic E-state index is -3.77. The maximum Gasteiger partial charge on any atom is 0.339 e. The Morgan fingerprint density at radius 1 is 1.32 bits per heavy atom. The molecule has 1 atom stereocenters. The van der Waals surface area contributed by atoms with Crippen molar-refractivity contribution in [2.24, 2.45) is 0 Å². The average Bonchev–Trinajstić information content (AvgIpc) is 3.10. The number of fused-ring (bicyclic) bond motifs is 1. The van der Waals surface area contributed by atoms with Gasteiger partial charge in [0.05, 0.1) is 12.2 Å². The van der Waals surface area contributed by atoms with Crippen LogP contribution in [0.15, 0.2) is 29.3 Å². The molecule has 0 fully saturated rings. The molecule has 0 saturated carbocycles. The molecule has 2 aromatic rings. The zero-order valence-corrected chi connectivity index (χ0v) is 15.5. The van der Waals surface area contributed by atoms with E-state index < -0.39 is 16.0 Å². The highest BCUT2D eigenvalue weighted by Gasteiger charge is 2.28. The number of carbonyl (C=O) groups is 1. The number of esters is 1. The monoisotopic (exact) mass is 382 g/mol. The lowest BCUT2D eigenvalue weighted by atomic mass is 10.1. The Labute approximate surface area is 151 Å². The molecule has 0 bridgehead atoms. The number of hydrogen-bond donors (Lipinski definition) is 2. The molecule has 1 aromatic carbocycles. The number of sulfonamides is 1. The molecule has 2 N–H and O–H groups in total. The molecule has 1 aliphatic carbocycles. The number of aromatic amines is 1. The molecule has 6 nitrogen and oxygen atoms in total. The Hall–Kier alpha value is -1.83. The third-order valence-corrected chi connectivity index (χ3v) is 5.88. The molecule has 0 radical (unpaired) electrons. The maximum atomic E-state index is 12.6. The van der Waals surface area contributed by atoms with Gasteiger partial charge in [0.15, 0.2) is 0 Å². The molecule has 0 spiro atoms. The Balaban J connectivity index is 1.77. The summed E-state index contributed by atoms with van der Waals surface area (Å²) in [7, 11) is -3.77. The number of hydrogen-bond acceptors (Lipinski definition) is 4. The molecule has 0 saturated heterocycles. The van der Waals surface area contributed by atoms with Gasteiger partial charge < -0.3 is 9.72 Å². The van der Waals surface area contributed by atoms with Crippen LogP contribution >= 0.6 is 11.6 Å². The third-order valence-electron chi connectivity index (χ3n) is 4.20. The van der Waals surface area contributed by atoms with E-state index in [0.717, 1.165) is 11.1 Å². The molecule has 0 unspecified atom stereocenters. The first-order chi connectivity index (χ1) is 11.8. The van der Waals surface area contributed by atoms with Gasteiger partial charge in [0, 0.05) is 16.8 Å². The third kappa shape index (κ3) is 3.73. The predicted molar refractivity (Wildman–Crippen MR) is 94.5 cm³/mol. The van der Waals surface area contributed by atoms with Crippen molar-refractivity contribution < 1.29 is 17.9 Å². The summed E-state index contributed by atoms with van der Waals surface area (Å²) in [6.45, 7) is 3.56. The van der Waals surface area contributed by atoms with Gasteiger partial charge in [-0.05, 0) is 56.0 Å². The van der Waals surface area contributed by atoms with Crippen LogP contribution in [-0.2, 0) is 27.6 Å². The van der Waals surface area contributed by atoms with E-state index in [9.17, 15) is 13.2 Å². The first kappa shape index (κ1) is 18.0. The second-order valence-corrected chi connectivity index (χ2v) is 8.15. The van der Waals surface area contributed by atoms with Crippen molar-refractivity contribution in [3.8, 4) is 0 Å². The molecule has 1 aliphatic rings. The van der Waals surface area contributed by atoms with Gasteiger partial charge in [-0.1, -0.05) is 17.7 Å². The quantitative estimate of drug-likeness (QED) is 0.778. The Kier molecular flexibility index (Phi) is 4.90. The second-order valence-electron chi connectivity index (χ2n) is 6.03. The standard InChI is InChI=1S/C17H19ClN2O4S/c1-3-24-17(21)15-9-16(19-10(15)2)25(22,23)20-14-7-11-4-5-13(18)6-12(11)8-14/h4-6,9,14,19-20H,3,7-8H2,1-2H3/t14-/m1/s1. The number of carbonyl (C=O) groups excluding carboxylic acids is 1. The summed E-state index contributed by atoms with van der Waals surface area (Å²) in [5, 5.41) is 0.600. The summed E-state index contributed by atoms with van der Waals surface area (Å²) in [5.74, 6) is -0.541. The van der Waals surface area contributed by atoms with Crippen LogP contribution in [0.1, 0.15) is 34.1 Å². The molecule has 0 aliphatic heterocycles. The number of benzene rings is 1. The van der Waals surface area contributed by atoms with Crippen LogP contribution in [0.2, 0.25) is 5.02 Å². The molecular weight excluding hydrogens is 364 g/mol. The van der Waals surface area contributed by atoms with Crippen LogP contribution in [0.4, 0.5) is 0 Å². The van der Waals surface area contributed by atoms with Gasteiger partial charge in [-0.2, -0.15) is 0 Å². The fourth-order valence-corrected chi connectivity index (χ4v) is 4.53. The van der Waals surface area contributed by atoms with E-state index in [1.807, 2.05) is 12.1 Å². The maximum absolute atomic E-state index is 12.6. The van der Waals surface area contributed by atoms with E-state index in [0.29, 0.717) is 23.6 Å². The van der Waals surface area contributed by atoms with Crippen molar-refractivity contribution in [1.29, 1.82) is 0 Å². The number of nitrogens with one attached hydrogen (secondary N) is 2. The van der Waals surface area contributed by atoms with Gasteiger partial charge in [-0.25, -0.2) is 17.9 Å². The van der Waals surface area contributed by atoms with Crippen LogP contribution in [0.25, 0.3) is 0 Å². The first-order valence-corrected chi connectivity index (χ1v) is 9.82. The Morgan fingerprint density at radius 2 is 2.04 bits per heavy atom. The van der Waals surface area contributed by atoms with E-state index in [4.69, 9.17) is 16.3 Å². The highest BCUT2D eigenvalue weighted by Crippen LogP contribution is 2.26. The molecule has 1 aromatic heterocycles. The normalized spacial score (nSPS) is 16.7. The molecule has 1 heterocycles. The number of ether oxygens (including phenoxy) is 1. The number of aromatic nitrogens is 1. The largest absolute Gasteiger partial charge is 0.462 e.